The second kappa shape index (κ2) is 7.97. The number of aryl methyl sites for hydroxylation is 1. The number of benzene rings is 2. The Morgan fingerprint density at radius 2 is 1.93 bits per heavy atom. The smallest absolute Gasteiger partial charge is 0.264 e. The molecule has 4 rings (SSSR count). The lowest BCUT2D eigenvalue weighted by atomic mass is 9.82. The molecule has 0 radical (unpaired) electrons. The molecule has 2 aliphatic rings. The lowest BCUT2D eigenvalue weighted by molar-refractivity contribution is -0.130. The van der Waals surface area contributed by atoms with Crippen LogP contribution in [0.25, 0.3) is 6.08 Å². The maximum atomic E-state index is 12.9. The summed E-state index contributed by atoms with van der Waals surface area (Å²) in [7, 11) is 0. The molecule has 152 valence electrons. The third-order valence-electron chi connectivity index (χ3n) is 5.79. The van der Waals surface area contributed by atoms with Crippen molar-refractivity contribution in [3.05, 3.63) is 69.8 Å². The van der Waals surface area contributed by atoms with E-state index >= 15 is 0 Å². The molecule has 2 aliphatic heterocycles. The van der Waals surface area contributed by atoms with Crippen LogP contribution >= 0.6 is 11.6 Å². The fourth-order valence-corrected chi connectivity index (χ4v) is 4.20. The normalized spacial score (nSPS) is 17.8. The van der Waals surface area contributed by atoms with Crippen LogP contribution in [0.1, 0.15) is 40.7 Å². The van der Waals surface area contributed by atoms with Gasteiger partial charge in [-0.25, -0.2) is 0 Å². The number of rotatable bonds is 2. The van der Waals surface area contributed by atoms with Gasteiger partial charge >= 0.3 is 0 Å². The van der Waals surface area contributed by atoms with Crippen LogP contribution in [0.5, 0.6) is 5.75 Å². The van der Waals surface area contributed by atoms with Crippen molar-refractivity contribution >= 4 is 29.4 Å². The van der Waals surface area contributed by atoms with Gasteiger partial charge in [0, 0.05) is 31.0 Å². The maximum Gasteiger partial charge on any atom is 0.264 e. The minimum absolute atomic E-state index is 0.0135. The van der Waals surface area contributed by atoms with Crippen molar-refractivity contribution in [2.45, 2.75) is 31.8 Å². The highest BCUT2D eigenvalue weighted by atomic mass is 35.5. The fraction of sp³-hybridized carbons (Fsp3) is 0.292. The van der Waals surface area contributed by atoms with E-state index in [0.717, 1.165) is 11.1 Å². The molecule has 1 amide bonds. The average molecular weight is 421 g/mol. The lowest BCUT2D eigenvalue weighted by Crippen LogP contribution is -2.52. The number of ketones is 1. The summed E-state index contributed by atoms with van der Waals surface area (Å²) in [6, 6.07) is 14.8. The summed E-state index contributed by atoms with van der Waals surface area (Å²) in [5, 5.41) is 10.0. The predicted octanol–water partition coefficient (Wildman–Crippen LogP) is 4.58. The SMILES string of the molecule is Cc1cc2c(cc1Cl)C(=O)CC1(CCN(C(=O)/C(C#N)=C/c3ccccc3)CC1)O2. The van der Waals surface area contributed by atoms with E-state index in [1.807, 2.05) is 49.4 Å². The number of nitriles is 1. The zero-order chi connectivity index (χ0) is 21.3. The molecule has 30 heavy (non-hydrogen) atoms. The maximum absolute atomic E-state index is 12.9. The number of hydrogen-bond donors (Lipinski definition) is 0. The Bertz CT molecular complexity index is 1080. The number of piperidine rings is 1. The monoisotopic (exact) mass is 420 g/mol. The van der Waals surface area contributed by atoms with Crippen molar-refractivity contribution in [1.29, 1.82) is 5.26 Å². The molecule has 0 N–H and O–H groups in total. The Hall–Kier alpha value is -3.10. The van der Waals surface area contributed by atoms with Crippen LogP contribution < -0.4 is 4.74 Å². The predicted molar refractivity (Wildman–Crippen MR) is 114 cm³/mol. The van der Waals surface area contributed by atoms with Crippen molar-refractivity contribution in [2.75, 3.05) is 13.1 Å². The van der Waals surface area contributed by atoms with Gasteiger partial charge in [-0.15, -0.1) is 0 Å². The summed E-state index contributed by atoms with van der Waals surface area (Å²) in [5.74, 6) is 0.288. The highest BCUT2D eigenvalue weighted by molar-refractivity contribution is 6.31. The zero-order valence-electron chi connectivity index (χ0n) is 16.7. The fourth-order valence-electron chi connectivity index (χ4n) is 4.04. The first-order chi connectivity index (χ1) is 14.4. The largest absolute Gasteiger partial charge is 0.486 e. The second-order valence-electron chi connectivity index (χ2n) is 7.86. The van der Waals surface area contributed by atoms with E-state index in [-0.39, 0.29) is 23.7 Å². The molecule has 2 heterocycles. The summed E-state index contributed by atoms with van der Waals surface area (Å²) in [6.45, 7) is 2.74. The molecule has 0 aromatic heterocycles. The Kier molecular flexibility index (Phi) is 5.36. The van der Waals surface area contributed by atoms with Crippen LogP contribution in [0.15, 0.2) is 48.0 Å². The van der Waals surface area contributed by atoms with Crippen LogP contribution in [0.2, 0.25) is 5.02 Å². The molecular formula is C24H21ClN2O3. The Balaban J connectivity index is 1.49. The Morgan fingerprint density at radius 1 is 1.23 bits per heavy atom. The lowest BCUT2D eigenvalue weighted by Gasteiger charge is -2.44. The third kappa shape index (κ3) is 3.83. The van der Waals surface area contributed by atoms with Crippen LogP contribution in [0.4, 0.5) is 0 Å². The van der Waals surface area contributed by atoms with Gasteiger partial charge in [-0.05, 0) is 36.3 Å². The van der Waals surface area contributed by atoms with Crippen molar-refractivity contribution in [3.63, 3.8) is 0 Å². The van der Waals surface area contributed by atoms with Crippen LogP contribution in [0.3, 0.4) is 0 Å². The molecule has 0 aliphatic carbocycles. The molecule has 6 heteroatoms. The number of amides is 1. The third-order valence-corrected chi connectivity index (χ3v) is 6.20. The molecule has 2 aromatic carbocycles. The number of carbonyl (C=O) groups excluding carboxylic acids is 2. The summed E-state index contributed by atoms with van der Waals surface area (Å²) >= 11 is 6.16. The van der Waals surface area contributed by atoms with E-state index in [4.69, 9.17) is 16.3 Å². The molecule has 1 fully saturated rings. The zero-order valence-corrected chi connectivity index (χ0v) is 17.4. The van der Waals surface area contributed by atoms with Gasteiger partial charge in [0.05, 0.1) is 12.0 Å². The van der Waals surface area contributed by atoms with Crippen LogP contribution in [0, 0.1) is 18.3 Å². The van der Waals surface area contributed by atoms with E-state index in [9.17, 15) is 14.9 Å². The molecule has 0 saturated carbocycles. The molecule has 2 aromatic rings. The molecule has 5 nitrogen and oxygen atoms in total. The van der Waals surface area contributed by atoms with E-state index in [2.05, 4.69) is 0 Å². The van der Waals surface area contributed by atoms with Crippen LogP contribution in [-0.2, 0) is 4.79 Å². The topological polar surface area (TPSA) is 70.4 Å². The summed E-state index contributed by atoms with van der Waals surface area (Å²) in [5.41, 5.74) is 1.68. The number of Topliss-reactive ketones (excluding diaryl/α,β-unsaturated/α-hetero) is 1. The quantitative estimate of drug-likeness (QED) is 0.526. The first-order valence-corrected chi connectivity index (χ1v) is 10.3. The minimum atomic E-state index is -0.614. The standard InChI is InChI=1S/C24H21ClN2O3/c1-16-11-22-19(13-20(16)25)21(28)14-24(30-22)7-9-27(10-8-24)23(29)18(15-26)12-17-5-3-2-4-6-17/h2-6,11-13H,7-10,14H2,1H3/b18-12+. The summed E-state index contributed by atoms with van der Waals surface area (Å²) < 4.78 is 6.28. The molecular weight excluding hydrogens is 400 g/mol. The number of ether oxygens (including phenoxy) is 1. The number of nitrogens with zero attached hydrogens (tertiary/aromatic N) is 2. The molecule has 0 unspecified atom stereocenters. The van der Waals surface area contributed by atoms with Gasteiger partial charge in [-0.2, -0.15) is 5.26 Å². The van der Waals surface area contributed by atoms with Gasteiger partial charge in [0.2, 0.25) is 0 Å². The number of likely N-dealkylation sites (tertiary alicyclic amines) is 1. The van der Waals surface area contributed by atoms with Crippen molar-refractivity contribution in [3.8, 4) is 11.8 Å². The Labute approximate surface area is 180 Å². The van der Waals surface area contributed by atoms with Gasteiger partial charge in [-0.3, -0.25) is 9.59 Å². The number of carbonyl (C=O) groups is 2. The minimum Gasteiger partial charge on any atom is -0.486 e. The first-order valence-electron chi connectivity index (χ1n) is 9.89. The van der Waals surface area contributed by atoms with E-state index in [0.29, 0.717) is 42.3 Å². The first kappa shape index (κ1) is 20.2. The highest BCUT2D eigenvalue weighted by Gasteiger charge is 2.44. The molecule has 1 spiro atoms. The summed E-state index contributed by atoms with van der Waals surface area (Å²) in [4.78, 5) is 27.3. The van der Waals surface area contributed by atoms with Crippen LogP contribution in [-0.4, -0.2) is 35.3 Å². The van der Waals surface area contributed by atoms with Gasteiger partial charge in [0.1, 0.15) is 23.0 Å². The molecule has 0 bridgehead atoms. The van der Waals surface area contributed by atoms with E-state index in [1.165, 1.54) is 0 Å². The average Bonchev–Trinajstić information content (AvgIpc) is 2.74. The van der Waals surface area contributed by atoms with Crippen molar-refractivity contribution in [2.24, 2.45) is 0 Å². The molecule has 1 saturated heterocycles. The number of halogens is 1. The van der Waals surface area contributed by atoms with Crippen molar-refractivity contribution < 1.29 is 14.3 Å². The molecule has 0 atom stereocenters. The van der Waals surface area contributed by atoms with Gasteiger partial charge in [0.25, 0.3) is 5.91 Å². The number of hydrogen-bond acceptors (Lipinski definition) is 4. The van der Waals surface area contributed by atoms with E-state index < -0.39 is 5.60 Å². The Morgan fingerprint density at radius 3 is 2.60 bits per heavy atom. The van der Waals surface area contributed by atoms with Gasteiger partial charge in [-0.1, -0.05) is 41.9 Å². The van der Waals surface area contributed by atoms with Gasteiger partial charge < -0.3 is 9.64 Å². The van der Waals surface area contributed by atoms with Gasteiger partial charge in [0.15, 0.2) is 5.78 Å². The summed E-state index contributed by atoms with van der Waals surface area (Å²) in [6.07, 6.45) is 2.95. The number of fused-ring (bicyclic) bond motifs is 1. The van der Waals surface area contributed by atoms with E-state index in [1.54, 1.807) is 17.0 Å². The van der Waals surface area contributed by atoms with Crippen molar-refractivity contribution in [1.82, 2.24) is 4.90 Å². The second-order valence-corrected chi connectivity index (χ2v) is 8.26. The highest BCUT2D eigenvalue weighted by Crippen LogP contribution is 2.41.